The van der Waals surface area contributed by atoms with Crippen molar-refractivity contribution in [2.24, 2.45) is 5.92 Å². The van der Waals surface area contributed by atoms with Crippen LogP contribution in [-0.4, -0.2) is 65.2 Å². The molecule has 0 saturated carbocycles. The van der Waals surface area contributed by atoms with E-state index in [1.165, 1.54) is 0 Å². The van der Waals surface area contributed by atoms with Crippen LogP contribution < -0.4 is 0 Å². The van der Waals surface area contributed by atoms with E-state index in [9.17, 15) is 22.8 Å². The van der Waals surface area contributed by atoms with Crippen molar-refractivity contribution >= 4 is 11.9 Å². The molecule has 2 fully saturated rings. The zero-order valence-electron chi connectivity index (χ0n) is 10.9. The van der Waals surface area contributed by atoms with Gasteiger partial charge in [0.1, 0.15) is 0 Å². The van der Waals surface area contributed by atoms with Crippen LogP contribution >= 0.6 is 0 Å². The topological polar surface area (TPSA) is 60.9 Å². The predicted molar refractivity (Wildman–Crippen MR) is 63.0 cm³/mol. The molecule has 2 heterocycles. The average Bonchev–Trinajstić information content (AvgIpc) is 2.86. The Morgan fingerprint density at radius 2 is 1.65 bits per heavy atom. The number of rotatable bonds is 2. The molecular weight excluding hydrogens is 277 g/mol. The minimum absolute atomic E-state index is 0.0794. The monoisotopic (exact) mass is 294 g/mol. The maximum Gasteiger partial charge on any atom is 0.471 e. The van der Waals surface area contributed by atoms with Gasteiger partial charge in [0.15, 0.2) is 0 Å². The third-order valence-corrected chi connectivity index (χ3v) is 4.09. The number of carbonyl (C=O) groups excluding carboxylic acids is 1. The quantitative estimate of drug-likeness (QED) is 0.823. The fourth-order valence-corrected chi connectivity index (χ4v) is 2.92. The summed E-state index contributed by atoms with van der Waals surface area (Å²) in [5.74, 6) is -2.95. The molecule has 2 rings (SSSR count). The lowest BCUT2D eigenvalue weighted by Crippen LogP contribution is -2.46. The van der Waals surface area contributed by atoms with E-state index in [2.05, 4.69) is 0 Å². The first-order valence-corrected chi connectivity index (χ1v) is 6.62. The molecule has 0 aromatic rings. The number of hydrogen-bond acceptors (Lipinski definition) is 3. The van der Waals surface area contributed by atoms with Crippen LogP contribution in [0.4, 0.5) is 13.2 Å². The molecule has 2 saturated heterocycles. The predicted octanol–water partition coefficient (Wildman–Crippen LogP) is 0.946. The van der Waals surface area contributed by atoms with Crippen LogP contribution in [0, 0.1) is 5.92 Å². The Hall–Kier alpha value is -1.31. The molecular formula is C12H17F3N2O3. The van der Waals surface area contributed by atoms with Crippen LogP contribution in [-0.2, 0) is 9.59 Å². The van der Waals surface area contributed by atoms with Gasteiger partial charge < -0.3 is 10.0 Å². The van der Waals surface area contributed by atoms with Crippen LogP contribution in [0.25, 0.3) is 0 Å². The third kappa shape index (κ3) is 3.23. The van der Waals surface area contributed by atoms with E-state index in [4.69, 9.17) is 5.11 Å². The van der Waals surface area contributed by atoms with Gasteiger partial charge in [0, 0.05) is 19.1 Å². The Bertz CT molecular complexity index is 392. The van der Waals surface area contributed by atoms with Crippen molar-refractivity contribution in [3.63, 3.8) is 0 Å². The van der Waals surface area contributed by atoms with Gasteiger partial charge in [-0.15, -0.1) is 0 Å². The minimum atomic E-state index is -4.81. The number of piperidine rings is 1. The number of hydrogen-bond donors (Lipinski definition) is 1. The van der Waals surface area contributed by atoms with Crippen molar-refractivity contribution in [2.75, 3.05) is 26.2 Å². The maximum atomic E-state index is 12.3. The molecule has 0 spiro atoms. The summed E-state index contributed by atoms with van der Waals surface area (Å²) in [5, 5.41) is 8.90. The van der Waals surface area contributed by atoms with Gasteiger partial charge in [-0.25, -0.2) is 0 Å². The van der Waals surface area contributed by atoms with Crippen molar-refractivity contribution in [3.05, 3.63) is 0 Å². The highest BCUT2D eigenvalue weighted by atomic mass is 19.4. The van der Waals surface area contributed by atoms with E-state index in [1.807, 2.05) is 4.90 Å². The summed E-state index contributed by atoms with van der Waals surface area (Å²) in [6.45, 7) is 1.32. The number of amides is 1. The molecule has 0 radical (unpaired) electrons. The van der Waals surface area contributed by atoms with Crippen molar-refractivity contribution < 1.29 is 27.9 Å². The van der Waals surface area contributed by atoms with Crippen molar-refractivity contribution in [2.45, 2.75) is 31.5 Å². The van der Waals surface area contributed by atoms with Crippen molar-refractivity contribution in [3.8, 4) is 0 Å². The first-order valence-electron chi connectivity index (χ1n) is 6.62. The van der Waals surface area contributed by atoms with Gasteiger partial charge in [-0.3, -0.25) is 14.5 Å². The molecule has 0 aromatic heterocycles. The summed E-state index contributed by atoms with van der Waals surface area (Å²) < 4.78 is 37.0. The molecule has 1 atom stereocenters. The second kappa shape index (κ2) is 5.59. The molecule has 2 aliphatic heterocycles. The van der Waals surface area contributed by atoms with E-state index in [0.717, 1.165) is 4.90 Å². The van der Waals surface area contributed by atoms with Gasteiger partial charge in [-0.05, 0) is 32.4 Å². The Kier molecular flexibility index (Phi) is 4.22. The smallest absolute Gasteiger partial charge is 0.471 e. The average molecular weight is 294 g/mol. The fourth-order valence-electron chi connectivity index (χ4n) is 2.92. The Labute approximate surface area is 114 Å². The first kappa shape index (κ1) is 15.1. The summed E-state index contributed by atoms with van der Waals surface area (Å²) in [6.07, 6.45) is -3.27. The molecule has 2 aliphatic rings. The van der Waals surface area contributed by atoms with E-state index < -0.39 is 18.1 Å². The molecule has 5 nitrogen and oxygen atoms in total. The fraction of sp³-hybridized carbons (Fsp3) is 0.833. The number of likely N-dealkylation sites (tertiary alicyclic amines) is 2. The lowest BCUT2D eigenvalue weighted by molar-refractivity contribution is -0.184. The standard InChI is InChI=1S/C12H17F3N2O3/c13-12(14,15)11(20)17-6-3-9(7-17)16-4-1-8(2-5-16)10(18)19/h8-9H,1-7H2,(H,18,19). The van der Waals surface area contributed by atoms with Gasteiger partial charge in [0.05, 0.1) is 5.92 Å². The van der Waals surface area contributed by atoms with E-state index in [-0.39, 0.29) is 25.0 Å². The summed E-state index contributed by atoms with van der Waals surface area (Å²) in [5.41, 5.74) is 0. The Morgan fingerprint density at radius 1 is 1.05 bits per heavy atom. The summed E-state index contributed by atoms with van der Waals surface area (Å²) >= 11 is 0. The zero-order chi connectivity index (χ0) is 14.9. The molecule has 114 valence electrons. The SMILES string of the molecule is O=C(O)C1CCN(C2CCN(C(=O)C(F)(F)F)C2)CC1. The number of alkyl halides is 3. The van der Waals surface area contributed by atoms with E-state index >= 15 is 0 Å². The second-order valence-corrected chi connectivity index (χ2v) is 5.34. The molecule has 1 unspecified atom stereocenters. The van der Waals surface area contributed by atoms with Crippen LogP contribution in [0.1, 0.15) is 19.3 Å². The van der Waals surface area contributed by atoms with Gasteiger partial charge in [0.25, 0.3) is 0 Å². The second-order valence-electron chi connectivity index (χ2n) is 5.34. The first-order chi connectivity index (χ1) is 9.29. The minimum Gasteiger partial charge on any atom is -0.481 e. The number of carboxylic acid groups (broad SMARTS) is 1. The molecule has 1 amide bonds. The van der Waals surface area contributed by atoms with Crippen LogP contribution in [0.15, 0.2) is 0 Å². The normalized spacial score (nSPS) is 25.9. The van der Waals surface area contributed by atoms with Gasteiger partial charge in [0.2, 0.25) is 0 Å². The van der Waals surface area contributed by atoms with E-state index in [0.29, 0.717) is 32.4 Å². The molecule has 20 heavy (non-hydrogen) atoms. The van der Waals surface area contributed by atoms with Crippen LogP contribution in [0.2, 0.25) is 0 Å². The summed E-state index contributed by atoms with van der Waals surface area (Å²) in [6, 6.07) is -0.0870. The Balaban J connectivity index is 1.85. The van der Waals surface area contributed by atoms with Crippen LogP contribution in [0.5, 0.6) is 0 Å². The highest BCUT2D eigenvalue weighted by molar-refractivity contribution is 5.82. The van der Waals surface area contributed by atoms with Gasteiger partial charge in [-0.1, -0.05) is 0 Å². The third-order valence-electron chi connectivity index (χ3n) is 4.09. The van der Waals surface area contributed by atoms with Crippen molar-refractivity contribution in [1.29, 1.82) is 0 Å². The van der Waals surface area contributed by atoms with Crippen molar-refractivity contribution in [1.82, 2.24) is 9.80 Å². The zero-order valence-corrected chi connectivity index (χ0v) is 10.9. The molecule has 0 aromatic carbocycles. The number of aliphatic carboxylic acids is 1. The molecule has 1 N–H and O–H groups in total. The molecule has 0 aliphatic carbocycles. The number of carboxylic acids is 1. The number of nitrogens with zero attached hydrogens (tertiary/aromatic N) is 2. The Morgan fingerprint density at radius 3 is 2.15 bits per heavy atom. The number of carbonyl (C=O) groups is 2. The summed E-state index contributed by atoms with van der Waals surface area (Å²) in [7, 11) is 0. The number of halogens is 3. The van der Waals surface area contributed by atoms with Crippen LogP contribution in [0.3, 0.4) is 0 Å². The lowest BCUT2D eigenvalue weighted by atomic mass is 9.96. The molecule has 0 bridgehead atoms. The molecule has 8 heteroatoms. The summed E-state index contributed by atoms with van der Waals surface area (Å²) in [4.78, 5) is 24.8. The van der Waals surface area contributed by atoms with E-state index in [1.54, 1.807) is 0 Å². The van der Waals surface area contributed by atoms with Gasteiger partial charge >= 0.3 is 18.1 Å². The highest BCUT2D eigenvalue weighted by Crippen LogP contribution is 2.26. The highest BCUT2D eigenvalue weighted by Gasteiger charge is 2.45. The van der Waals surface area contributed by atoms with Gasteiger partial charge in [-0.2, -0.15) is 13.2 Å². The largest absolute Gasteiger partial charge is 0.481 e. The lowest BCUT2D eigenvalue weighted by Gasteiger charge is -2.34. The maximum absolute atomic E-state index is 12.3.